The largest absolute Gasteiger partial charge is 0.434 e. The number of nitrogens with one attached hydrogen (secondary N) is 2. The second-order valence-electron chi connectivity index (χ2n) is 6.01. The van der Waals surface area contributed by atoms with Gasteiger partial charge in [-0.1, -0.05) is 37.3 Å². The molecule has 27 heavy (non-hydrogen) atoms. The molecule has 0 fully saturated rings. The van der Waals surface area contributed by atoms with Crippen molar-refractivity contribution >= 4 is 41.3 Å². The van der Waals surface area contributed by atoms with E-state index < -0.39 is 11.9 Å². The van der Waals surface area contributed by atoms with Crippen molar-refractivity contribution in [2.45, 2.75) is 38.4 Å². The molecule has 0 aliphatic carbocycles. The van der Waals surface area contributed by atoms with Crippen molar-refractivity contribution in [2.24, 2.45) is 4.99 Å². The van der Waals surface area contributed by atoms with Crippen molar-refractivity contribution in [3.8, 4) is 0 Å². The van der Waals surface area contributed by atoms with Crippen LogP contribution in [0.5, 0.6) is 0 Å². The molecule has 0 saturated heterocycles. The quantitative estimate of drug-likeness (QED) is 0.336. The maximum atomic E-state index is 12.6. The minimum Gasteiger partial charge on any atom is -0.356 e. The standard InChI is InChI=1S/C18H23F3N4S.HI/c1-12(14-7-5-4-6-8-14)13(2)24-17(22-3)23-10-9-16-25-15(11-26-16)18(19,20)21;/h4-8,11-13H,9-10H2,1-3H3,(H2,22,23,24);1H. The minimum atomic E-state index is -4.39. The zero-order valence-corrected chi connectivity index (χ0v) is 18.5. The van der Waals surface area contributed by atoms with Gasteiger partial charge in [0.05, 0.1) is 5.01 Å². The first kappa shape index (κ1) is 23.7. The van der Waals surface area contributed by atoms with Gasteiger partial charge in [-0.3, -0.25) is 4.99 Å². The van der Waals surface area contributed by atoms with Crippen LogP contribution in [0.25, 0.3) is 0 Å². The number of aliphatic imine (C=N–C) groups is 1. The molecule has 1 aromatic carbocycles. The van der Waals surface area contributed by atoms with Gasteiger partial charge in [0.15, 0.2) is 11.7 Å². The third-order valence-electron chi connectivity index (χ3n) is 4.14. The van der Waals surface area contributed by atoms with E-state index in [0.29, 0.717) is 23.9 Å². The normalized spacial score (nSPS) is 14.2. The van der Waals surface area contributed by atoms with Gasteiger partial charge in [-0.05, 0) is 12.5 Å². The predicted molar refractivity (Wildman–Crippen MR) is 115 cm³/mol. The van der Waals surface area contributed by atoms with Crippen LogP contribution < -0.4 is 10.6 Å². The Labute approximate surface area is 178 Å². The number of hydrogen-bond donors (Lipinski definition) is 2. The van der Waals surface area contributed by atoms with Crippen molar-refractivity contribution in [3.63, 3.8) is 0 Å². The maximum absolute atomic E-state index is 12.6. The molecular weight excluding hydrogens is 488 g/mol. The van der Waals surface area contributed by atoms with Crippen LogP contribution in [-0.4, -0.2) is 30.6 Å². The van der Waals surface area contributed by atoms with E-state index >= 15 is 0 Å². The highest BCUT2D eigenvalue weighted by atomic mass is 127. The van der Waals surface area contributed by atoms with Crippen molar-refractivity contribution in [2.75, 3.05) is 13.6 Å². The van der Waals surface area contributed by atoms with E-state index in [1.807, 2.05) is 18.2 Å². The number of hydrogen-bond acceptors (Lipinski definition) is 3. The van der Waals surface area contributed by atoms with E-state index in [1.54, 1.807) is 7.05 Å². The van der Waals surface area contributed by atoms with Gasteiger partial charge in [0.2, 0.25) is 0 Å². The fraction of sp³-hybridized carbons (Fsp3) is 0.444. The van der Waals surface area contributed by atoms with Crippen molar-refractivity contribution in [1.82, 2.24) is 15.6 Å². The van der Waals surface area contributed by atoms with Crippen LogP contribution in [0.3, 0.4) is 0 Å². The zero-order chi connectivity index (χ0) is 19.2. The van der Waals surface area contributed by atoms with E-state index in [0.717, 1.165) is 16.7 Å². The van der Waals surface area contributed by atoms with E-state index in [1.165, 1.54) is 5.56 Å². The average Bonchev–Trinajstić information content (AvgIpc) is 3.10. The highest BCUT2D eigenvalue weighted by Crippen LogP contribution is 2.30. The van der Waals surface area contributed by atoms with E-state index in [9.17, 15) is 13.2 Å². The molecule has 0 radical (unpaired) electrons. The van der Waals surface area contributed by atoms with Gasteiger partial charge in [-0.15, -0.1) is 35.3 Å². The Bertz CT molecular complexity index is 719. The molecule has 2 unspecified atom stereocenters. The van der Waals surface area contributed by atoms with E-state index in [4.69, 9.17) is 0 Å². The lowest BCUT2D eigenvalue weighted by atomic mass is 9.94. The van der Waals surface area contributed by atoms with Gasteiger partial charge >= 0.3 is 6.18 Å². The molecule has 1 heterocycles. The first-order valence-electron chi connectivity index (χ1n) is 8.35. The molecule has 0 bridgehead atoms. The lowest BCUT2D eigenvalue weighted by Gasteiger charge is -2.24. The van der Waals surface area contributed by atoms with Crippen molar-refractivity contribution in [1.29, 1.82) is 0 Å². The second-order valence-corrected chi connectivity index (χ2v) is 6.95. The van der Waals surface area contributed by atoms with Crippen LogP contribution in [0.2, 0.25) is 0 Å². The Morgan fingerprint density at radius 3 is 2.44 bits per heavy atom. The number of benzene rings is 1. The van der Waals surface area contributed by atoms with Gasteiger partial charge in [0.25, 0.3) is 0 Å². The first-order chi connectivity index (χ1) is 12.3. The molecule has 0 aliphatic heterocycles. The number of aromatic nitrogens is 1. The van der Waals surface area contributed by atoms with Gasteiger partial charge in [-0.25, -0.2) is 4.98 Å². The molecule has 0 saturated carbocycles. The number of thiazole rings is 1. The molecule has 2 aromatic rings. The molecule has 2 rings (SSSR count). The first-order valence-corrected chi connectivity index (χ1v) is 9.23. The minimum absolute atomic E-state index is 0. The fourth-order valence-corrected chi connectivity index (χ4v) is 3.23. The van der Waals surface area contributed by atoms with Crippen LogP contribution in [0.15, 0.2) is 40.7 Å². The van der Waals surface area contributed by atoms with Gasteiger partial charge in [-0.2, -0.15) is 13.2 Å². The van der Waals surface area contributed by atoms with E-state index in [-0.39, 0.29) is 35.9 Å². The van der Waals surface area contributed by atoms with Gasteiger partial charge in [0.1, 0.15) is 0 Å². The third kappa shape index (κ3) is 7.28. The summed E-state index contributed by atoms with van der Waals surface area (Å²) >= 11 is 1.02. The van der Waals surface area contributed by atoms with Gasteiger partial charge < -0.3 is 10.6 Å². The Balaban J connectivity index is 0.00000364. The summed E-state index contributed by atoms with van der Waals surface area (Å²) < 4.78 is 37.7. The summed E-state index contributed by atoms with van der Waals surface area (Å²) in [6.07, 6.45) is -3.98. The van der Waals surface area contributed by atoms with Crippen LogP contribution in [0.4, 0.5) is 13.2 Å². The Kier molecular flexibility index (Phi) is 9.51. The maximum Gasteiger partial charge on any atom is 0.434 e. The zero-order valence-electron chi connectivity index (χ0n) is 15.4. The molecule has 0 amide bonds. The number of guanidine groups is 1. The van der Waals surface area contributed by atoms with Crippen molar-refractivity contribution in [3.05, 3.63) is 52.0 Å². The highest BCUT2D eigenvalue weighted by molar-refractivity contribution is 14.0. The van der Waals surface area contributed by atoms with Crippen LogP contribution in [0, 0.1) is 0 Å². The summed E-state index contributed by atoms with van der Waals surface area (Å²) in [5, 5.41) is 7.95. The molecule has 1 aromatic heterocycles. The van der Waals surface area contributed by atoms with Crippen LogP contribution in [-0.2, 0) is 12.6 Å². The molecule has 150 valence electrons. The molecule has 0 spiro atoms. The summed E-state index contributed by atoms with van der Waals surface area (Å²) in [4.78, 5) is 7.80. The predicted octanol–water partition coefficient (Wildman–Crippen LogP) is 4.68. The molecule has 9 heteroatoms. The van der Waals surface area contributed by atoms with Gasteiger partial charge in [0, 0.05) is 37.4 Å². The Morgan fingerprint density at radius 1 is 1.22 bits per heavy atom. The SMILES string of the molecule is CN=C(NCCc1nc(C(F)(F)F)cs1)NC(C)C(C)c1ccccc1.I. The monoisotopic (exact) mass is 512 g/mol. The lowest BCUT2D eigenvalue weighted by Crippen LogP contribution is -2.44. The number of halogens is 4. The summed E-state index contributed by atoms with van der Waals surface area (Å²) in [6, 6.07) is 10.3. The third-order valence-corrected chi connectivity index (χ3v) is 5.05. The second kappa shape index (κ2) is 10.8. The average molecular weight is 512 g/mol. The van der Waals surface area contributed by atoms with Crippen LogP contribution in [0.1, 0.15) is 36.0 Å². The highest BCUT2D eigenvalue weighted by Gasteiger charge is 2.33. The molecule has 2 N–H and O–H groups in total. The van der Waals surface area contributed by atoms with Crippen LogP contribution >= 0.6 is 35.3 Å². The topological polar surface area (TPSA) is 49.3 Å². The Morgan fingerprint density at radius 2 is 1.89 bits per heavy atom. The molecular formula is C18H24F3IN4S. The summed E-state index contributed by atoms with van der Waals surface area (Å²) in [7, 11) is 1.67. The smallest absolute Gasteiger partial charge is 0.356 e. The number of alkyl halides is 3. The fourth-order valence-electron chi connectivity index (χ4n) is 2.42. The Hall–Kier alpha value is -1.36. The molecule has 0 aliphatic rings. The lowest BCUT2D eigenvalue weighted by molar-refractivity contribution is -0.140. The number of rotatable bonds is 6. The molecule has 2 atom stereocenters. The molecule has 4 nitrogen and oxygen atoms in total. The van der Waals surface area contributed by atoms with Crippen molar-refractivity contribution < 1.29 is 13.2 Å². The number of nitrogens with zero attached hydrogens (tertiary/aromatic N) is 2. The summed E-state index contributed by atoms with van der Waals surface area (Å²) in [6.45, 7) is 4.66. The summed E-state index contributed by atoms with van der Waals surface area (Å²) in [5.74, 6) is 0.899. The summed E-state index contributed by atoms with van der Waals surface area (Å²) in [5.41, 5.74) is 0.399. The van der Waals surface area contributed by atoms with E-state index in [2.05, 4.69) is 46.6 Å².